The van der Waals surface area contributed by atoms with E-state index in [1.54, 1.807) is 7.11 Å². The fourth-order valence-corrected chi connectivity index (χ4v) is 4.67. The van der Waals surface area contributed by atoms with Crippen LogP contribution in [0.15, 0.2) is 40.6 Å². The van der Waals surface area contributed by atoms with Gasteiger partial charge in [0.05, 0.1) is 24.1 Å². The van der Waals surface area contributed by atoms with E-state index >= 15 is 0 Å². The lowest BCUT2D eigenvalue weighted by Gasteiger charge is -2.36. The van der Waals surface area contributed by atoms with Crippen molar-refractivity contribution < 1.29 is 4.74 Å². The molecule has 0 amide bonds. The number of hydrogen-bond acceptors (Lipinski definition) is 5. The lowest BCUT2D eigenvalue weighted by Crippen LogP contribution is -2.50. The first kappa shape index (κ1) is 15.6. The molecule has 0 bridgehead atoms. The van der Waals surface area contributed by atoms with Crippen molar-refractivity contribution in [1.29, 1.82) is 0 Å². The van der Waals surface area contributed by atoms with Gasteiger partial charge in [0.1, 0.15) is 17.4 Å². The van der Waals surface area contributed by atoms with Crippen molar-refractivity contribution in [3.05, 3.63) is 41.9 Å². The number of pyridine rings is 1. The Morgan fingerprint density at radius 2 is 2.19 bits per heavy atom. The molecule has 2 aliphatic heterocycles. The topological polar surface area (TPSA) is 54.5 Å². The molecule has 2 aromatic heterocycles. The molecular weight excluding hydrogens is 326 g/mol. The van der Waals surface area contributed by atoms with Gasteiger partial charge in [-0.2, -0.15) is 5.10 Å². The van der Waals surface area contributed by atoms with Gasteiger partial charge in [-0.1, -0.05) is 0 Å². The Bertz CT molecular complexity index is 987. The van der Waals surface area contributed by atoms with Crippen LogP contribution >= 0.6 is 0 Å². The van der Waals surface area contributed by atoms with Crippen molar-refractivity contribution >= 4 is 17.6 Å². The van der Waals surface area contributed by atoms with Gasteiger partial charge < -0.3 is 9.14 Å². The molecule has 0 N–H and O–H groups in total. The van der Waals surface area contributed by atoms with E-state index in [2.05, 4.69) is 36.4 Å². The molecule has 1 saturated carbocycles. The number of aryl methyl sites for hydroxylation is 1. The standard InChI is InChI=1S/C20H23N5O/c1-12-18(22-17-10-13(26-4)7-9-25(12)17)14-11-15(14)20(2)19-16(23-24(20)3)6-5-8-21-19/h5-10,14-15,19H,11H2,1-4H3. The van der Waals surface area contributed by atoms with Gasteiger partial charge in [0.2, 0.25) is 0 Å². The number of fused-ring (bicyclic) bond motifs is 2. The van der Waals surface area contributed by atoms with Crippen molar-refractivity contribution in [3.8, 4) is 5.75 Å². The highest BCUT2D eigenvalue weighted by molar-refractivity contribution is 6.06. The van der Waals surface area contributed by atoms with Crippen LogP contribution in [-0.4, -0.2) is 52.1 Å². The molecule has 0 aromatic carbocycles. The highest BCUT2D eigenvalue weighted by atomic mass is 16.5. The van der Waals surface area contributed by atoms with Gasteiger partial charge in [0.15, 0.2) is 0 Å². The molecule has 3 aliphatic rings. The van der Waals surface area contributed by atoms with E-state index in [0.717, 1.165) is 23.5 Å². The minimum absolute atomic E-state index is 0.0960. The van der Waals surface area contributed by atoms with Crippen molar-refractivity contribution in [2.45, 2.75) is 37.8 Å². The van der Waals surface area contributed by atoms with Crippen LogP contribution in [0.2, 0.25) is 0 Å². The van der Waals surface area contributed by atoms with Gasteiger partial charge in [-0.25, -0.2) is 4.98 Å². The third-order valence-corrected chi connectivity index (χ3v) is 6.39. The molecule has 4 unspecified atom stereocenters. The molecule has 0 saturated heterocycles. The van der Waals surface area contributed by atoms with Crippen molar-refractivity contribution in [3.63, 3.8) is 0 Å². The van der Waals surface area contributed by atoms with Crippen LogP contribution in [0.5, 0.6) is 5.75 Å². The Hall–Kier alpha value is -2.63. The summed E-state index contributed by atoms with van der Waals surface area (Å²) < 4.78 is 7.49. The number of ether oxygens (including phenoxy) is 1. The molecule has 4 atom stereocenters. The first-order chi connectivity index (χ1) is 12.5. The van der Waals surface area contributed by atoms with Crippen molar-refractivity contribution in [1.82, 2.24) is 14.4 Å². The average molecular weight is 349 g/mol. The second-order valence-corrected chi connectivity index (χ2v) is 7.66. The predicted molar refractivity (Wildman–Crippen MR) is 102 cm³/mol. The smallest absolute Gasteiger partial charge is 0.140 e. The summed E-state index contributed by atoms with van der Waals surface area (Å²) in [5, 5.41) is 6.87. The molecule has 2 aromatic rings. The van der Waals surface area contributed by atoms with Crippen LogP contribution in [-0.2, 0) is 0 Å². The number of nitrogens with zero attached hydrogens (tertiary/aromatic N) is 5. The second-order valence-electron chi connectivity index (χ2n) is 7.66. The monoisotopic (exact) mass is 349 g/mol. The molecule has 6 nitrogen and oxygen atoms in total. The minimum atomic E-state index is -0.0960. The maximum Gasteiger partial charge on any atom is 0.140 e. The number of aromatic nitrogens is 2. The predicted octanol–water partition coefficient (Wildman–Crippen LogP) is 2.82. The fourth-order valence-electron chi connectivity index (χ4n) is 4.67. The summed E-state index contributed by atoms with van der Waals surface area (Å²) >= 11 is 0. The normalized spacial score (nSPS) is 32.1. The number of imidazole rings is 1. The second kappa shape index (κ2) is 5.19. The van der Waals surface area contributed by atoms with Gasteiger partial charge in [-0.05, 0) is 44.4 Å². The molecule has 6 heteroatoms. The Balaban J connectivity index is 1.49. The van der Waals surface area contributed by atoms with Crippen LogP contribution in [0.4, 0.5) is 0 Å². The first-order valence-electron chi connectivity index (χ1n) is 9.09. The summed E-state index contributed by atoms with van der Waals surface area (Å²) in [5.41, 5.74) is 4.33. The maximum atomic E-state index is 5.34. The number of aliphatic imine (C=N–C) groups is 1. The van der Waals surface area contributed by atoms with Gasteiger partial charge in [-0.15, -0.1) is 0 Å². The first-order valence-corrected chi connectivity index (χ1v) is 9.09. The molecule has 1 aliphatic carbocycles. The van der Waals surface area contributed by atoms with Crippen molar-refractivity contribution in [2.75, 3.05) is 14.2 Å². The van der Waals surface area contributed by atoms with Gasteiger partial charge in [-0.3, -0.25) is 10.0 Å². The average Bonchev–Trinajstić information content (AvgIpc) is 3.33. The van der Waals surface area contributed by atoms with E-state index in [0.29, 0.717) is 11.8 Å². The van der Waals surface area contributed by atoms with E-state index in [1.807, 2.05) is 30.6 Å². The number of methoxy groups -OCH3 is 1. The van der Waals surface area contributed by atoms with Crippen LogP contribution in [0.1, 0.15) is 30.7 Å². The Morgan fingerprint density at radius 1 is 1.35 bits per heavy atom. The Kier molecular flexibility index (Phi) is 3.12. The van der Waals surface area contributed by atoms with Gasteiger partial charge in [0, 0.05) is 37.1 Å². The lowest BCUT2D eigenvalue weighted by molar-refractivity contribution is 0.130. The summed E-state index contributed by atoms with van der Waals surface area (Å²) in [6.07, 6.45) is 9.12. The zero-order valence-corrected chi connectivity index (χ0v) is 15.5. The molecule has 1 fully saturated rings. The molecule has 134 valence electrons. The molecule has 4 heterocycles. The third kappa shape index (κ3) is 1.95. The maximum absolute atomic E-state index is 5.34. The quantitative estimate of drug-likeness (QED) is 0.856. The number of hydrogen-bond donors (Lipinski definition) is 0. The largest absolute Gasteiger partial charge is 0.497 e. The third-order valence-electron chi connectivity index (χ3n) is 6.39. The highest BCUT2D eigenvalue weighted by Crippen LogP contribution is 2.58. The van der Waals surface area contributed by atoms with Crippen LogP contribution in [0.25, 0.3) is 5.65 Å². The fraction of sp³-hybridized carbons (Fsp3) is 0.450. The lowest BCUT2D eigenvalue weighted by atomic mass is 9.83. The van der Waals surface area contributed by atoms with Crippen LogP contribution in [0.3, 0.4) is 0 Å². The van der Waals surface area contributed by atoms with Crippen LogP contribution < -0.4 is 4.74 Å². The van der Waals surface area contributed by atoms with Crippen LogP contribution in [0, 0.1) is 12.8 Å². The molecule has 0 radical (unpaired) electrons. The minimum Gasteiger partial charge on any atom is -0.497 e. The molecule has 0 spiro atoms. The van der Waals surface area contributed by atoms with E-state index in [-0.39, 0.29) is 11.6 Å². The SMILES string of the molecule is COc1ccn2c(C)c(C3CC3C3(C)C4N=CC=CC4=NN3C)nc2c1. The van der Waals surface area contributed by atoms with E-state index in [1.165, 1.54) is 11.4 Å². The molecule has 26 heavy (non-hydrogen) atoms. The summed E-state index contributed by atoms with van der Waals surface area (Å²) in [6, 6.07) is 4.09. The number of likely N-dealkylation sites (N-methyl/N-ethyl adjacent to an activating group) is 1. The summed E-state index contributed by atoms with van der Waals surface area (Å²) in [6.45, 7) is 4.45. The van der Waals surface area contributed by atoms with Gasteiger partial charge >= 0.3 is 0 Å². The summed E-state index contributed by atoms with van der Waals surface area (Å²) in [5.74, 6) is 1.78. The summed E-state index contributed by atoms with van der Waals surface area (Å²) in [4.78, 5) is 9.69. The van der Waals surface area contributed by atoms with E-state index in [9.17, 15) is 0 Å². The van der Waals surface area contributed by atoms with E-state index < -0.39 is 0 Å². The number of hydrazone groups is 1. The van der Waals surface area contributed by atoms with Gasteiger partial charge in [0.25, 0.3) is 0 Å². The Morgan fingerprint density at radius 3 is 3.00 bits per heavy atom. The zero-order valence-electron chi connectivity index (χ0n) is 15.5. The summed E-state index contributed by atoms with van der Waals surface area (Å²) in [7, 11) is 3.76. The van der Waals surface area contributed by atoms with Crippen molar-refractivity contribution in [2.24, 2.45) is 16.0 Å². The number of rotatable bonds is 3. The highest BCUT2D eigenvalue weighted by Gasteiger charge is 2.60. The van der Waals surface area contributed by atoms with E-state index in [4.69, 9.17) is 19.8 Å². The molecular formula is C20H23N5O. The zero-order chi connectivity index (χ0) is 18.1. The number of dihydropyridines is 1. The molecule has 5 rings (SSSR count). The Labute approximate surface area is 152 Å². The number of allylic oxidation sites excluding steroid dienone is 1.